The number of fused-ring (bicyclic) bond motifs is 2. The molecule has 0 fully saturated rings. The van der Waals surface area contributed by atoms with Crippen LogP contribution in [0.25, 0.3) is 10.9 Å². The van der Waals surface area contributed by atoms with Gasteiger partial charge in [0.1, 0.15) is 17.8 Å². The van der Waals surface area contributed by atoms with Crippen LogP contribution < -0.4 is 15.4 Å². The lowest BCUT2D eigenvalue weighted by Crippen LogP contribution is -2.25. The Morgan fingerprint density at radius 3 is 2.91 bits per heavy atom. The lowest BCUT2D eigenvalue weighted by atomic mass is 9.93. The minimum atomic E-state index is -0.320. The molecule has 0 bridgehead atoms. The Kier molecular flexibility index (Phi) is 4.90. The van der Waals surface area contributed by atoms with Crippen LogP contribution in [0.2, 0.25) is 0 Å². The molecule has 0 radical (unpaired) electrons. The second-order valence-electron chi connectivity index (χ2n) is 8.80. The summed E-state index contributed by atoms with van der Waals surface area (Å²) in [4.78, 5) is 21.5. The van der Waals surface area contributed by atoms with Gasteiger partial charge in [-0.3, -0.25) is 9.88 Å². The Hall–Kier alpha value is -3.72. The molecule has 1 amide bonds. The molecule has 1 aliphatic rings. The second-order valence-corrected chi connectivity index (χ2v) is 8.80. The zero-order valence-corrected chi connectivity index (χ0v) is 18.2. The Labute approximate surface area is 184 Å². The van der Waals surface area contributed by atoms with Crippen LogP contribution in [-0.2, 0) is 18.4 Å². The van der Waals surface area contributed by atoms with E-state index in [0.29, 0.717) is 29.8 Å². The highest BCUT2D eigenvalue weighted by molar-refractivity contribution is 5.98. The maximum absolute atomic E-state index is 12.8. The average Bonchev–Trinajstić information content (AvgIpc) is 3.41. The fourth-order valence-electron chi connectivity index (χ4n) is 3.67. The molecule has 0 saturated carbocycles. The van der Waals surface area contributed by atoms with Gasteiger partial charge in [0.25, 0.3) is 0 Å². The van der Waals surface area contributed by atoms with Gasteiger partial charge < -0.3 is 14.6 Å². The second kappa shape index (κ2) is 7.76. The summed E-state index contributed by atoms with van der Waals surface area (Å²) in [6.45, 7) is 7.65. The summed E-state index contributed by atoms with van der Waals surface area (Å²) in [7, 11) is 0. The lowest BCUT2D eigenvalue weighted by molar-refractivity contribution is 0.254. The van der Waals surface area contributed by atoms with Crippen LogP contribution in [0, 0.1) is 0 Å². The van der Waals surface area contributed by atoms with E-state index in [-0.39, 0.29) is 11.4 Å². The maximum Gasteiger partial charge on any atom is 0.331 e. The summed E-state index contributed by atoms with van der Waals surface area (Å²) >= 11 is 0. The summed E-state index contributed by atoms with van der Waals surface area (Å²) in [6, 6.07) is 8.86. The van der Waals surface area contributed by atoms with Gasteiger partial charge in [0.2, 0.25) is 5.88 Å². The molecule has 0 saturated heterocycles. The van der Waals surface area contributed by atoms with E-state index in [1.807, 2.05) is 45.0 Å². The first-order valence-corrected chi connectivity index (χ1v) is 10.5. The third-order valence-electron chi connectivity index (χ3n) is 5.42. The Bertz CT molecular complexity index is 1300. The molecule has 3 aromatic heterocycles. The van der Waals surface area contributed by atoms with Gasteiger partial charge in [-0.25, -0.2) is 14.8 Å². The smallest absolute Gasteiger partial charge is 0.331 e. The molecule has 1 aliphatic heterocycles. The third kappa shape index (κ3) is 3.82. The molecule has 0 aliphatic carbocycles. The Morgan fingerprint density at radius 1 is 1.22 bits per heavy atom. The zero-order valence-electron chi connectivity index (χ0n) is 18.2. The van der Waals surface area contributed by atoms with Crippen LogP contribution in [0.15, 0.2) is 47.4 Å². The van der Waals surface area contributed by atoms with Crippen molar-refractivity contribution in [3.8, 4) is 11.6 Å². The molecular formula is C23H24N6O3. The normalized spacial score (nSPS) is 13.7. The number of nitrogens with one attached hydrogen (secondary N) is 2. The van der Waals surface area contributed by atoms with E-state index in [4.69, 9.17) is 9.26 Å². The molecular weight excluding hydrogens is 408 g/mol. The molecule has 0 spiro atoms. The molecule has 9 nitrogen and oxygen atoms in total. The van der Waals surface area contributed by atoms with E-state index in [0.717, 1.165) is 35.1 Å². The number of ether oxygens (including phenoxy) is 1. The van der Waals surface area contributed by atoms with Gasteiger partial charge in [0.15, 0.2) is 5.82 Å². The number of carbonyl (C=O) groups excluding carboxylic acids is 1. The average molecular weight is 432 g/mol. The fourth-order valence-corrected chi connectivity index (χ4v) is 3.67. The van der Waals surface area contributed by atoms with Crippen molar-refractivity contribution in [1.29, 1.82) is 0 Å². The molecule has 2 N–H and O–H groups in total. The number of aromatic nitrogens is 4. The monoisotopic (exact) mass is 432 g/mol. The summed E-state index contributed by atoms with van der Waals surface area (Å²) in [5.41, 5.74) is 2.56. The highest BCUT2D eigenvalue weighted by Crippen LogP contribution is 2.29. The van der Waals surface area contributed by atoms with Crippen molar-refractivity contribution in [2.24, 2.45) is 0 Å². The standard InChI is InChI=1S/C23H24N6O3/c1-23(2,3)19-11-20(28-32-19)27-22(30)29-9-7-14-10-15(4-5-18(14)29)31-21-16-6-8-24-12-17(16)25-13-26-21/h4-5,7,9-11,13,24H,6,8,12H2,1-3H3,(H,27,28,30). The summed E-state index contributed by atoms with van der Waals surface area (Å²) in [5.74, 6) is 2.31. The first kappa shape index (κ1) is 20.2. The van der Waals surface area contributed by atoms with E-state index < -0.39 is 0 Å². The third-order valence-corrected chi connectivity index (χ3v) is 5.42. The topological polar surface area (TPSA) is 107 Å². The lowest BCUT2D eigenvalue weighted by Gasteiger charge is -2.18. The van der Waals surface area contributed by atoms with E-state index >= 15 is 0 Å². The Morgan fingerprint density at radius 2 is 2.09 bits per heavy atom. The minimum Gasteiger partial charge on any atom is -0.439 e. The molecule has 0 atom stereocenters. The van der Waals surface area contributed by atoms with E-state index in [1.165, 1.54) is 10.9 Å². The number of carbonyl (C=O) groups is 1. The van der Waals surface area contributed by atoms with Gasteiger partial charge in [-0.15, -0.1) is 0 Å². The van der Waals surface area contributed by atoms with Gasteiger partial charge in [0, 0.05) is 35.2 Å². The van der Waals surface area contributed by atoms with E-state index in [1.54, 1.807) is 12.3 Å². The SMILES string of the molecule is CC(C)(C)c1cc(NC(=O)n2ccc3cc(Oc4ncnc5c4CCNC5)ccc32)no1. The molecule has 4 heterocycles. The van der Waals surface area contributed by atoms with Crippen molar-refractivity contribution in [2.75, 3.05) is 11.9 Å². The molecule has 164 valence electrons. The number of nitrogens with zero attached hydrogens (tertiary/aromatic N) is 4. The van der Waals surface area contributed by atoms with Crippen molar-refractivity contribution in [3.05, 3.63) is 59.9 Å². The predicted molar refractivity (Wildman–Crippen MR) is 119 cm³/mol. The van der Waals surface area contributed by atoms with Gasteiger partial charge in [-0.2, -0.15) is 0 Å². The number of amides is 1. The summed E-state index contributed by atoms with van der Waals surface area (Å²) in [6.07, 6.45) is 4.06. The van der Waals surface area contributed by atoms with Crippen molar-refractivity contribution >= 4 is 22.8 Å². The number of hydrogen-bond acceptors (Lipinski definition) is 7. The van der Waals surface area contributed by atoms with Gasteiger partial charge in [-0.05, 0) is 37.2 Å². The minimum absolute atomic E-state index is 0.189. The van der Waals surface area contributed by atoms with Crippen molar-refractivity contribution in [1.82, 2.24) is 25.0 Å². The van der Waals surface area contributed by atoms with Crippen LogP contribution in [-0.4, -0.2) is 32.3 Å². The number of rotatable bonds is 3. The first-order chi connectivity index (χ1) is 15.4. The van der Waals surface area contributed by atoms with Crippen molar-refractivity contribution in [2.45, 2.75) is 39.2 Å². The molecule has 0 unspecified atom stereocenters. The molecule has 5 rings (SSSR count). The van der Waals surface area contributed by atoms with Crippen LogP contribution in [0.3, 0.4) is 0 Å². The predicted octanol–water partition coefficient (Wildman–Crippen LogP) is 4.24. The number of benzene rings is 1. The van der Waals surface area contributed by atoms with Crippen LogP contribution in [0.5, 0.6) is 11.6 Å². The number of anilines is 1. The highest BCUT2D eigenvalue weighted by atomic mass is 16.5. The fraction of sp³-hybridized carbons (Fsp3) is 0.304. The molecule has 32 heavy (non-hydrogen) atoms. The van der Waals surface area contributed by atoms with E-state index in [2.05, 4.69) is 25.8 Å². The molecule has 9 heteroatoms. The maximum atomic E-state index is 12.8. The summed E-state index contributed by atoms with van der Waals surface area (Å²) in [5, 5.41) is 10.9. The largest absolute Gasteiger partial charge is 0.439 e. The molecule has 1 aromatic carbocycles. The van der Waals surface area contributed by atoms with Crippen LogP contribution in [0.1, 0.15) is 37.8 Å². The van der Waals surface area contributed by atoms with Crippen molar-refractivity contribution < 1.29 is 14.1 Å². The van der Waals surface area contributed by atoms with E-state index in [9.17, 15) is 4.79 Å². The highest BCUT2D eigenvalue weighted by Gasteiger charge is 2.21. The molecule has 4 aromatic rings. The van der Waals surface area contributed by atoms with Gasteiger partial charge in [0.05, 0.1) is 11.2 Å². The zero-order chi connectivity index (χ0) is 22.3. The van der Waals surface area contributed by atoms with Crippen LogP contribution >= 0.6 is 0 Å². The van der Waals surface area contributed by atoms with Gasteiger partial charge in [-0.1, -0.05) is 25.9 Å². The quantitative estimate of drug-likeness (QED) is 0.499. The summed E-state index contributed by atoms with van der Waals surface area (Å²) < 4.78 is 12.9. The first-order valence-electron chi connectivity index (χ1n) is 10.5. The Balaban J connectivity index is 1.36. The van der Waals surface area contributed by atoms with Gasteiger partial charge >= 0.3 is 6.03 Å². The number of hydrogen-bond donors (Lipinski definition) is 2. The van der Waals surface area contributed by atoms with Crippen LogP contribution in [0.4, 0.5) is 10.6 Å². The van der Waals surface area contributed by atoms with Crippen molar-refractivity contribution in [3.63, 3.8) is 0 Å².